The molecule has 4 heterocycles. The Labute approximate surface area is 175 Å². The van der Waals surface area contributed by atoms with Crippen molar-refractivity contribution in [3.8, 4) is 11.3 Å². The van der Waals surface area contributed by atoms with Crippen molar-refractivity contribution in [1.29, 1.82) is 0 Å². The minimum atomic E-state index is -4.54. The monoisotopic (exact) mass is 431 g/mol. The van der Waals surface area contributed by atoms with Crippen molar-refractivity contribution >= 4 is 5.91 Å². The fraction of sp³-hybridized carbons (Fsp3) is 0.333. The van der Waals surface area contributed by atoms with Crippen LogP contribution in [0, 0.1) is 6.92 Å². The molecule has 0 unspecified atom stereocenters. The highest BCUT2D eigenvalue weighted by Crippen LogP contribution is 2.32. The van der Waals surface area contributed by atoms with Crippen molar-refractivity contribution in [2.24, 2.45) is 7.05 Å². The zero-order valence-corrected chi connectivity index (χ0v) is 16.9. The van der Waals surface area contributed by atoms with Crippen LogP contribution < -0.4 is 10.9 Å². The predicted octanol–water partition coefficient (Wildman–Crippen LogP) is 3.24. The van der Waals surface area contributed by atoms with Crippen LogP contribution in [0.4, 0.5) is 13.2 Å². The normalized spacial score (nSPS) is 16.1. The van der Waals surface area contributed by atoms with Crippen molar-refractivity contribution < 1.29 is 18.0 Å². The molecule has 3 aromatic rings. The summed E-state index contributed by atoms with van der Waals surface area (Å²) in [7, 11) is 1.58. The quantitative estimate of drug-likeness (QED) is 0.690. The van der Waals surface area contributed by atoms with Crippen LogP contribution in [0.25, 0.3) is 11.3 Å². The summed E-state index contributed by atoms with van der Waals surface area (Å²) in [6, 6.07) is 5.34. The van der Waals surface area contributed by atoms with Gasteiger partial charge in [-0.1, -0.05) is 0 Å². The molecule has 0 saturated heterocycles. The SMILES string of the molecule is Cc1cc(C(=O)N[C@@H]2CCCn3nc(-c4ccnc(C(F)(F)F)c4)cc32)cn(C)c1=O. The van der Waals surface area contributed by atoms with E-state index in [0.29, 0.717) is 35.3 Å². The Morgan fingerprint density at radius 1 is 1.26 bits per heavy atom. The van der Waals surface area contributed by atoms with Crippen LogP contribution in [0.1, 0.15) is 46.2 Å². The number of nitrogens with zero attached hydrogens (tertiary/aromatic N) is 4. The Morgan fingerprint density at radius 2 is 2.03 bits per heavy atom. The first-order valence-corrected chi connectivity index (χ1v) is 9.73. The third-order valence-electron chi connectivity index (χ3n) is 5.31. The van der Waals surface area contributed by atoms with Gasteiger partial charge in [0.2, 0.25) is 0 Å². The van der Waals surface area contributed by atoms with E-state index in [2.05, 4.69) is 15.4 Å². The van der Waals surface area contributed by atoms with Gasteiger partial charge in [-0.25, -0.2) is 0 Å². The van der Waals surface area contributed by atoms with Gasteiger partial charge >= 0.3 is 6.18 Å². The van der Waals surface area contributed by atoms with Crippen LogP contribution in [0.3, 0.4) is 0 Å². The van der Waals surface area contributed by atoms with Gasteiger partial charge in [-0.2, -0.15) is 18.3 Å². The van der Waals surface area contributed by atoms with E-state index in [0.717, 1.165) is 24.4 Å². The van der Waals surface area contributed by atoms with Crippen LogP contribution in [-0.2, 0) is 19.8 Å². The molecule has 0 aliphatic carbocycles. The molecule has 1 atom stereocenters. The minimum Gasteiger partial charge on any atom is -0.344 e. The van der Waals surface area contributed by atoms with Gasteiger partial charge in [-0.3, -0.25) is 19.3 Å². The molecule has 4 rings (SSSR count). The molecular weight excluding hydrogens is 411 g/mol. The van der Waals surface area contributed by atoms with Gasteiger partial charge in [0, 0.05) is 37.1 Å². The largest absolute Gasteiger partial charge is 0.433 e. The summed E-state index contributed by atoms with van der Waals surface area (Å²) in [4.78, 5) is 28.0. The number of fused-ring (bicyclic) bond motifs is 1. The molecule has 0 aromatic carbocycles. The molecule has 0 bridgehead atoms. The molecule has 0 spiro atoms. The first kappa shape index (κ1) is 20.8. The molecule has 31 heavy (non-hydrogen) atoms. The lowest BCUT2D eigenvalue weighted by molar-refractivity contribution is -0.141. The summed E-state index contributed by atoms with van der Waals surface area (Å²) in [6.45, 7) is 2.25. The number of aryl methyl sites for hydroxylation is 3. The molecule has 1 amide bonds. The van der Waals surface area contributed by atoms with Gasteiger partial charge in [0.15, 0.2) is 0 Å². The third kappa shape index (κ3) is 4.10. The zero-order chi connectivity index (χ0) is 22.3. The van der Waals surface area contributed by atoms with E-state index < -0.39 is 11.9 Å². The summed E-state index contributed by atoms with van der Waals surface area (Å²) >= 11 is 0. The lowest BCUT2D eigenvalue weighted by Gasteiger charge is -2.24. The highest BCUT2D eigenvalue weighted by atomic mass is 19.4. The summed E-state index contributed by atoms with van der Waals surface area (Å²) < 4.78 is 42.1. The molecule has 0 radical (unpaired) electrons. The van der Waals surface area contributed by atoms with Gasteiger partial charge in [-0.05, 0) is 44.0 Å². The van der Waals surface area contributed by atoms with Crippen molar-refractivity contribution in [1.82, 2.24) is 24.6 Å². The maximum absolute atomic E-state index is 13.0. The molecule has 0 saturated carbocycles. The van der Waals surface area contributed by atoms with E-state index in [9.17, 15) is 22.8 Å². The molecule has 162 valence electrons. The highest BCUT2D eigenvalue weighted by Gasteiger charge is 2.33. The first-order valence-electron chi connectivity index (χ1n) is 9.73. The van der Waals surface area contributed by atoms with Crippen LogP contribution >= 0.6 is 0 Å². The highest BCUT2D eigenvalue weighted by molar-refractivity contribution is 5.94. The summed E-state index contributed by atoms with van der Waals surface area (Å²) in [6.07, 6.45) is -0.523. The van der Waals surface area contributed by atoms with E-state index in [-0.39, 0.29) is 17.5 Å². The number of rotatable bonds is 3. The first-order chi connectivity index (χ1) is 14.6. The average molecular weight is 431 g/mol. The standard InChI is InChI=1S/C21H20F3N5O2/c1-12-8-14(11-28(2)20(12)31)19(30)26-15-4-3-7-29-17(15)10-16(27-29)13-5-6-25-18(9-13)21(22,23)24/h5-6,8-11,15H,3-4,7H2,1-2H3,(H,26,30)/t15-/m1/s1. The lowest BCUT2D eigenvalue weighted by Crippen LogP contribution is -2.33. The predicted molar refractivity (Wildman–Crippen MR) is 106 cm³/mol. The van der Waals surface area contributed by atoms with E-state index >= 15 is 0 Å². The second kappa shape index (κ2) is 7.68. The number of pyridine rings is 2. The summed E-state index contributed by atoms with van der Waals surface area (Å²) in [5.41, 5.74) is 1.09. The number of carbonyl (C=O) groups excluding carboxylic acids is 1. The van der Waals surface area contributed by atoms with Gasteiger partial charge in [0.05, 0.1) is 23.0 Å². The van der Waals surface area contributed by atoms with Crippen molar-refractivity contribution in [2.75, 3.05) is 0 Å². The Hall–Kier alpha value is -3.43. The maximum Gasteiger partial charge on any atom is 0.433 e. The van der Waals surface area contributed by atoms with Crippen LogP contribution in [-0.4, -0.2) is 25.2 Å². The van der Waals surface area contributed by atoms with Crippen molar-refractivity contribution in [3.63, 3.8) is 0 Å². The molecule has 1 aliphatic heterocycles. The lowest BCUT2D eigenvalue weighted by atomic mass is 10.0. The number of carbonyl (C=O) groups is 1. The maximum atomic E-state index is 13.0. The molecular formula is C21H20F3N5O2. The minimum absolute atomic E-state index is 0.174. The van der Waals surface area contributed by atoms with Gasteiger partial charge in [-0.15, -0.1) is 0 Å². The van der Waals surface area contributed by atoms with Crippen LogP contribution in [0.5, 0.6) is 0 Å². The van der Waals surface area contributed by atoms with Crippen molar-refractivity contribution in [3.05, 3.63) is 69.5 Å². The molecule has 10 heteroatoms. The number of hydrogen-bond acceptors (Lipinski definition) is 4. The Balaban J connectivity index is 1.62. The third-order valence-corrected chi connectivity index (χ3v) is 5.31. The second-order valence-electron chi connectivity index (χ2n) is 7.60. The fourth-order valence-electron chi connectivity index (χ4n) is 3.76. The molecule has 1 aliphatic rings. The van der Waals surface area contributed by atoms with E-state index in [4.69, 9.17) is 0 Å². The molecule has 0 fully saturated rings. The number of hydrogen-bond donors (Lipinski definition) is 1. The number of halogens is 3. The van der Waals surface area contributed by atoms with Crippen LogP contribution in [0.2, 0.25) is 0 Å². The average Bonchev–Trinajstić information content (AvgIpc) is 3.16. The summed E-state index contributed by atoms with van der Waals surface area (Å²) in [5.74, 6) is -0.330. The van der Waals surface area contributed by atoms with Crippen LogP contribution in [0.15, 0.2) is 41.5 Å². The van der Waals surface area contributed by atoms with E-state index in [1.165, 1.54) is 16.8 Å². The number of alkyl halides is 3. The Bertz CT molecular complexity index is 1190. The summed E-state index contributed by atoms with van der Waals surface area (Å²) in [5, 5.41) is 7.40. The Kier molecular flexibility index (Phi) is 5.16. The van der Waals surface area contributed by atoms with E-state index in [1.54, 1.807) is 30.8 Å². The van der Waals surface area contributed by atoms with Crippen molar-refractivity contribution in [2.45, 2.75) is 38.5 Å². The topological polar surface area (TPSA) is 81.8 Å². The second-order valence-corrected chi connectivity index (χ2v) is 7.60. The number of amides is 1. The van der Waals surface area contributed by atoms with E-state index in [1.807, 2.05) is 0 Å². The molecule has 3 aromatic heterocycles. The Morgan fingerprint density at radius 3 is 2.74 bits per heavy atom. The zero-order valence-electron chi connectivity index (χ0n) is 16.9. The number of nitrogens with one attached hydrogen (secondary N) is 1. The number of aromatic nitrogens is 4. The van der Waals surface area contributed by atoms with Gasteiger partial charge in [0.25, 0.3) is 11.5 Å². The fourth-order valence-corrected chi connectivity index (χ4v) is 3.76. The van der Waals surface area contributed by atoms with Gasteiger partial charge < -0.3 is 9.88 Å². The molecule has 1 N–H and O–H groups in total. The molecule has 7 nitrogen and oxygen atoms in total. The van der Waals surface area contributed by atoms with Gasteiger partial charge in [0.1, 0.15) is 5.69 Å². The smallest absolute Gasteiger partial charge is 0.344 e.